The lowest BCUT2D eigenvalue weighted by Crippen LogP contribution is -2.25. The molecule has 0 aliphatic heterocycles. The van der Waals surface area contributed by atoms with E-state index in [0.29, 0.717) is 12.1 Å². The van der Waals surface area contributed by atoms with Crippen LogP contribution in [0.2, 0.25) is 0 Å². The third-order valence-corrected chi connectivity index (χ3v) is 4.00. The lowest BCUT2D eigenvalue weighted by molar-refractivity contribution is 0.0957. The summed E-state index contributed by atoms with van der Waals surface area (Å²) in [5.74, 6) is 0.675. The molecule has 0 aliphatic carbocycles. The van der Waals surface area contributed by atoms with Crippen molar-refractivity contribution in [2.45, 2.75) is 5.03 Å². The number of pyridine rings is 1. The van der Waals surface area contributed by atoms with Crippen molar-refractivity contribution in [2.24, 2.45) is 7.05 Å². The van der Waals surface area contributed by atoms with Crippen LogP contribution in [0.5, 0.6) is 0 Å². The number of nitrogens with one attached hydrogen (secondary N) is 1. The molecule has 0 saturated carbocycles. The minimum Gasteiger partial charge on any atom is -0.351 e. The summed E-state index contributed by atoms with van der Waals surface area (Å²) in [7, 11) is 1.89. The minimum absolute atomic E-state index is 0.103. The van der Waals surface area contributed by atoms with Crippen LogP contribution < -0.4 is 5.32 Å². The van der Waals surface area contributed by atoms with E-state index < -0.39 is 0 Å². The first-order valence-corrected chi connectivity index (χ1v) is 7.55. The van der Waals surface area contributed by atoms with Crippen molar-refractivity contribution >= 4 is 23.3 Å². The fraction of sp³-hybridized carbons (Fsp3) is 0.214. The Bertz CT molecular complexity index is 749. The van der Waals surface area contributed by atoms with Gasteiger partial charge in [0.1, 0.15) is 11.2 Å². The Hall–Kier alpha value is -2.28. The van der Waals surface area contributed by atoms with E-state index in [4.69, 9.17) is 0 Å². The van der Waals surface area contributed by atoms with Crippen molar-refractivity contribution in [1.82, 2.24) is 24.5 Å². The Morgan fingerprint density at radius 1 is 1.38 bits per heavy atom. The summed E-state index contributed by atoms with van der Waals surface area (Å²) in [6, 6.07) is 5.79. The molecule has 3 aromatic heterocycles. The van der Waals surface area contributed by atoms with Gasteiger partial charge >= 0.3 is 0 Å². The van der Waals surface area contributed by atoms with Crippen LogP contribution in [0.1, 0.15) is 10.4 Å². The van der Waals surface area contributed by atoms with E-state index >= 15 is 0 Å². The lowest BCUT2D eigenvalue weighted by atomic mass is 10.3. The monoisotopic (exact) mass is 301 g/mol. The van der Waals surface area contributed by atoms with Gasteiger partial charge in [0.2, 0.25) is 0 Å². The van der Waals surface area contributed by atoms with Crippen molar-refractivity contribution in [2.75, 3.05) is 12.3 Å². The van der Waals surface area contributed by atoms with Gasteiger partial charge in [0.05, 0.1) is 11.2 Å². The van der Waals surface area contributed by atoms with Gasteiger partial charge in [-0.2, -0.15) is 5.10 Å². The molecule has 0 aliphatic rings. The maximum absolute atomic E-state index is 12.2. The Morgan fingerprint density at radius 3 is 3.10 bits per heavy atom. The van der Waals surface area contributed by atoms with Gasteiger partial charge in [0.15, 0.2) is 0 Å². The highest BCUT2D eigenvalue weighted by Crippen LogP contribution is 2.13. The number of imidazole rings is 1. The molecule has 0 unspecified atom stereocenters. The molecule has 0 spiro atoms. The first kappa shape index (κ1) is 13.7. The predicted octanol–water partition coefficient (Wildman–Crippen LogP) is 1.59. The second kappa shape index (κ2) is 6.01. The molecule has 0 aromatic carbocycles. The fourth-order valence-electron chi connectivity index (χ4n) is 2.06. The predicted molar refractivity (Wildman–Crippen MR) is 81.5 cm³/mol. The van der Waals surface area contributed by atoms with Crippen molar-refractivity contribution in [3.05, 3.63) is 48.5 Å². The highest BCUT2D eigenvalue weighted by atomic mass is 32.2. The largest absolute Gasteiger partial charge is 0.351 e. The Morgan fingerprint density at radius 2 is 2.29 bits per heavy atom. The third-order valence-electron chi connectivity index (χ3n) is 3.05. The van der Waals surface area contributed by atoms with Crippen LogP contribution in [-0.4, -0.2) is 37.4 Å². The van der Waals surface area contributed by atoms with Crippen LogP contribution in [0, 0.1) is 0 Å². The zero-order valence-electron chi connectivity index (χ0n) is 11.6. The first-order valence-electron chi connectivity index (χ1n) is 6.56. The van der Waals surface area contributed by atoms with E-state index in [1.54, 1.807) is 28.7 Å². The van der Waals surface area contributed by atoms with Crippen LogP contribution >= 0.6 is 11.8 Å². The second-order valence-corrected chi connectivity index (χ2v) is 5.62. The van der Waals surface area contributed by atoms with E-state index in [2.05, 4.69) is 15.4 Å². The van der Waals surface area contributed by atoms with Crippen molar-refractivity contribution in [3.63, 3.8) is 0 Å². The minimum atomic E-state index is -0.103. The van der Waals surface area contributed by atoms with Gasteiger partial charge in [0, 0.05) is 37.9 Å². The van der Waals surface area contributed by atoms with Gasteiger partial charge in [-0.05, 0) is 12.1 Å². The molecular weight excluding hydrogens is 286 g/mol. The maximum Gasteiger partial charge on any atom is 0.256 e. The molecular formula is C14H15N5OS. The fourth-order valence-corrected chi connectivity index (χ4v) is 2.78. The normalized spacial score (nSPS) is 10.9. The number of amides is 1. The summed E-state index contributed by atoms with van der Waals surface area (Å²) in [5, 5.41) is 8.03. The lowest BCUT2D eigenvalue weighted by Gasteiger charge is -2.04. The molecule has 0 radical (unpaired) electrons. The standard InChI is InChI=1S/C14H15N5OS/c1-18-7-8-19-14(18)11(10-17-19)13(20)16-6-9-21-12-4-2-3-5-15-12/h2-5,7-8,10H,6,9H2,1H3,(H,16,20). The molecule has 0 saturated heterocycles. The number of fused-ring (bicyclic) bond motifs is 1. The van der Waals surface area contributed by atoms with Crippen LogP contribution in [-0.2, 0) is 7.05 Å². The molecule has 21 heavy (non-hydrogen) atoms. The van der Waals surface area contributed by atoms with E-state index in [1.807, 2.05) is 42.2 Å². The van der Waals surface area contributed by atoms with Crippen molar-refractivity contribution < 1.29 is 4.79 Å². The number of hydrogen-bond donors (Lipinski definition) is 1. The van der Waals surface area contributed by atoms with E-state index in [-0.39, 0.29) is 5.91 Å². The molecule has 3 rings (SSSR count). The summed E-state index contributed by atoms with van der Waals surface area (Å²) in [6.45, 7) is 0.585. The Labute approximate surface area is 126 Å². The molecule has 7 heteroatoms. The number of hydrogen-bond acceptors (Lipinski definition) is 4. The van der Waals surface area contributed by atoms with E-state index in [1.165, 1.54) is 0 Å². The number of carbonyl (C=O) groups excluding carboxylic acids is 1. The average Bonchev–Trinajstić information content (AvgIpc) is 3.08. The number of rotatable bonds is 5. The topological polar surface area (TPSA) is 64.2 Å². The van der Waals surface area contributed by atoms with Gasteiger partial charge in [-0.1, -0.05) is 6.07 Å². The summed E-state index contributed by atoms with van der Waals surface area (Å²) >= 11 is 1.62. The van der Waals surface area contributed by atoms with Gasteiger partial charge in [-0.25, -0.2) is 9.50 Å². The molecule has 0 bridgehead atoms. The molecule has 3 heterocycles. The highest BCUT2D eigenvalue weighted by molar-refractivity contribution is 7.99. The Balaban J connectivity index is 1.56. The summed E-state index contributed by atoms with van der Waals surface area (Å²) < 4.78 is 3.57. The number of aromatic nitrogens is 4. The summed E-state index contributed by atoms with van der Waals surface area (Å²) in [6.07, 6.45) is 7.05. The summed E-state index contributed by atoms with van der Waals surface area (Å²) in [5.41, 5.74) is 1.38. The Kier molecular flexibility index (Phi) is 3.92. The number of thioether (sulfide) groups is 1. The third kappa shape index (κ3) is 2.92. The van der Waals surface area contributed by atoms with Crippen LogP contribution in [0.15, 0.2) is 48.0 Å². The summed E-state index contributed by atoms with van der Waals surface area (Å²) in [4.78, 5) is 16.4. The average molecular weight is 301 g/mol. The van der Waals surface area contributed by atoms with E-state index in [0.717, 1.165) is 16.4 Å². The molecule has 3 aromatic rings. The quantitative estimate of drug-likeness (QED) is 0.574. The molecule has 0 fully saturated rings. The first-order chi connectivity index (χ1) is 10.3. The molecule has 1 N–H and O–H groups in total. The molecule has 6 nitrogen and oxygen atoms in total. The zero-order chi connectivity index (χ0) is 14.7. The van der Waals surface area contributed by atoms with Gasteiger partial charge in [-0.3, -0.25) is 4.79 Å². The van der Waals surface area contributed by atoms with Crippen LogP contribution in [0.25, 0.3) is 5.65 Å². The van der Waals surface area contributed by atoms with E-state index in [9.17, 15) is 4.79 Å². The molecule has 0 atom stereocenters. The number of carbonyl (C=O) groups is 1. The number of nitrogens with zero attached hydrogens (tertiary/aromatic N) is 4. The number of aryl methyl sites for hydroxylation is 1. The van der Waals surface area contributed by atoms with Gasteiger partial charge in [0.25, 0.3) is 5.91 Å². The van der Waals surface area contributed by atoms with Gasteiger partial charge < -0.3 is 9.88 Å². The van der Waals surface area contributed by atoms with Crippen molar-refractivity contribution in [3.8, 4) is 0 Å². The zero-order valence-corrected chi connectivity index (χ0v) is 12.4. The highest BCUT2D eigenvalue weighted by Gasteiger charge is 2.14. The van der Waals surface area contributed by atoms with Gasteiger partial charge in [-0.15, -0.1) is 11.8 Å². The molecule has 1 amide bonds. The molecule has 108 valence electrons. The SMILES string of the molecule is Cn1ccn2ncc(C(=O)NCCSc3ccccn3)c12. The van der Waals surface area contributed by atoms with Crippen LogP contribution in [0.4, 0.5) is 0 Å². The van der Waals surface area contributed by atoms with Crippen molar-refractivity contribution in [1.29, 1.82) is 0 Å². The second-order valence-electron chi connectivity index (χ2n) is 4.51. The smallest absolute Gasteiger partial charge is 0.256 e. The maximum atomic E-state index is 12.2. The van der Waals surface area contributed by atoms with Crippen LogP contribution in [0.3, 0.4) is 0 Å².